The topological polar surface area (TPSA) is 41.3 Å². The number of aliphatic hydroxyl groups is 1. The molecule has 0 bridgehead atoms. The number of benzene rings is 2. The van der Waals surface area contributed by atoms with Crippen LogP contribution >= 0.6 is 0 Å². The quantitative estimate of drug-likeness (QED) is 0.719. The van der Waals surface area contributed by atoms with E-state index in [-0.39, 0.29) is 0 Å². The van der Waals surface area contributed by atoms with E-state index in [2.05, 4.69) is 40.3 Å². The minimum Gasteiger partial charge on any atom is -0.387 e. The zero-order valence-corrected chi connectivity index (χ0v) is 14.8. The summed E-state index contributed by atoms with van der Waals surface area (Å²) < 4.78 is 1.81. The van der Waals surface area contributed by atoms with E-state index in [0.29, 0.717) is 6.54 Å². The summed E-state index contributed by atoms with van der Waals surface area (Å²) >= 11 is 0. The zero-order valence-electron chi connectivity index (χ0n) is 14.8. The normalized spacial score (nSPS) is 12.5. The van der Waals surface area contributed by atoms with E-state index in [4.69, 9.17) is 0 Å². The van der Waals surface area contributed by atoms with E-state index in [1.165, 1.54) is 11.1 Å². The smallest absolute Gasteiger partial charge is 0.0917 e. The fourth-order valence-corrected chi connectivity index (χ4v) is 3.07. The number of hydrogen-bond acceptors (Lipinski definition) is 3. The molecule has 0 saturated carbocycles. The van der Waals surface area contributed by atoms with Crippen LogP contribution in [0.5, 0.6) is 0 Å². The lowest BCUT2D eigenvalue weighted by atomic mass is 10.1. The molecular formula is C21H25N3O. The Kier molecular flexibility index (Phi) is 5.64. The van der Waals surface area contributed by atoms with Crippen molar-refractivity contribution in [3.8, 4) is 0 Å². The van der Waals surface area contributed by atoms with Gasteiger partial charge < -0.3 is 5.11 Å². The summed E-state index contributed by atoms with van der Waals surface area (Å²) in [7, 11) is 1.92. The fraction of sp³-hybridized carbons (Fsp3) is 0.286. The van der Waals surface area contributed by atoms with Gasteiger partial charge >= 0.3 is 0 Å². The largest absolute Gasteiger partial charge is 0.387 e. The van der Waals surface area contributed by atoms with Crippen molar-refractivity contribution in [1.29, 1.82) is 0 Å². The molecule has 0 aliphatic carbocycles. The molecule has 0 aliphatic heterocycles. The highest BCUT2D eigenvalue weighted by Gasteiger charge is 2.15. The fourth-order valence-electron chi connectivity index (χ4n) is 3.07. The number of aliphatic hydroxyl groups excluding tert-OH is 1. The lowest BCUT2D eigenvalue weighted by molar-refractivity contribution is 0.105. The van der Waals surface area contributed by atoms with Crippen molar-refractivity contribution in [2.75, 3.05) is 6.54 Å². The Morgan fingerprint density at radius 3 is 2.48 bits per heavy atom. The van der Waals surface area contributed by atoms with Gasteiger partial charge in [0, 0.05) is 38.4 Å². The molecule has 1 unspecified atom stereocenters. The Labute approximate surface area is 149 Å². The zero-order chi connectivity index (χ0) is 17.6. The van der Waals surface area contributed by atoms with Crippen LogP contribution in [-0.2, 0) is 20.1 Å². The third-order valence-corrected chi connectivity index (χ3v) is 4.27. The molecule has 4 nitrogen and oxygen atoms in total. The van der Waals surface area contributed by atoms with Gasteiger partial charge in [0.2, 0.25) is 0 Å². The summed E-state index contributed by atoms with van der Waals surface area (Å²) in [5.41, 5.74) is 4.51. The van der Waals surface area contributed by atoms with Crippen molar-refractivity contribution < 1.29 is 5.11 Å². The highest BCUT2D eigenvalue weighted by molar-refractivity contribution is 5.24. The van der Waals surface area contributed by atoms with Gasteiger partial charge in [0.25, 0.3) is 0 Å². The first-order valence-corrected chi connectivity index (χ1v) is 8.58. The molecule has 3 aromatic rings. The van der Waals surface area contributed by atoms with Gasteiger partial charge in [-0.15, -0.1) is 0 Å². The number of aromatic nitrogens is 2. The van der Waals surface area contributed by atoms with Crippen LogP contribution in [0, 0.1) is 6.92 Å². The van der Waals surface area contributed by atoms with Crippen LogP contribution in [0.3, 0.4) is 0 Å². The van der Waals surface area contributed by atoms with Gasteiger partial charge in [0.05, 0.1) is 12.3 Å². The Morgan fingerprint density at radius 2 is 1.80 bits per heavy atom. The first-order valence-electron chi connectivity index (χ1n) is 8.58. The van der Waals surface area contributed by atoms with E-state index in [1.54, 1.807) is 0 Å². The van der Waals surface area contributed by atoms with Crippen LogP contribution in [0.1, 0.15) is 28.4 Å². The van der Waals surface area contributed by atoms with Crippen molar-refractivity contribution >= 4 is 0 Å². The number of aryl methyl sites for hydroxylation is 2. The average molecular weight is 335 g/mol. The van der Waals surface area contributed by atoms with Gasteiger partial charge in [0.15, 0.2) is 0 Å². The van der Waals surface area contributed by atoms with Crippen molar-refractivity contribution in [3.63, 3.8) is 0 Å². The van der Waals surface area contributed by atoms with Crippen LogP contribution in [0.2, 0.25) is 0 Å². The van der Waals surface area contributed by atoms with Crippen LogP contribution in [0.25, 0.3) is 0 Å². The van der Waals surface area contributed by atoms with Crippen LogP contribution in [-0.4, -0.2) is 26.3 Å². The highest BCUT2D eigenvalue weighted by atomic mass is 16.3. The highest BCUT2D eigenvalue weighted by Crippen LogP contribution is 2.18. The molecule has 0 radical (unpaired) electrons. The van der Waals surface area contributed by atoms with Crippen molar-refractivity contribution in [1.82, 2.24) is 14.7 Å². The molecule has 0 fully saturated rings. The monoisotopic (exact) mass is 335 g/mol. The molecule has 4 heteroatoms. The second kappa shape index (κ2) is 8.10. The van der Waals surface area contributed by atoms with E-state index < -0.39 is 6.10 Å². The second-order valence-electron chi connectivity index (χ2n) is 6.61. The Hall–Kier alpha value is -2.43. The maximum atomic E-state index is 10.7. The van der Waals surface area contributed by atoms with Gasteiger partial charge in [-0.2, -0.15) is 5.10 Å². The van der Waals surface area contributed by atoms with E-state index >= 15 is 0 Å². The van der Waals surface area contributed by atoms with E-state index in [0.717, 1.165) is 24.2 Å². The summed E-state index contributed by atoms with van der Waals surface area (Å²) in [6, 6.07) is 18.5. The van der Waals surface area contributed by atoms with Crippen LogP contribution in [0.4, 0.5) is 0 Å². The summed E-state index contributed by atoms with van der Waals surface area (Å²) in [4.78, 5) is 2.26. The standard InChI is InChI=1S/C21H25N3O/c1-17-7-6-10-20(11-17)21(25)16-24(14-18-8-4-3-5-9-18)15-19-12-22-23(2)13-19/h3-13,21,25H,14-16H2,1-2H3. The second-order valence-corrected chi connectivity index (χ2v) is 6.61. The van der Waals surface area contributed by atoms with E-state index in [1.807, 2.05) is 55.3 Å². The van der Waals surface area contributed by atoms with E-state index in [9.17, 15) is 5.11 Å². The number of nitrogens with zero attached hydrogens (tertiary/aromatic N) is 3. The molecule has 3 rings (SSSR count). The number of hydrogen-bond donors (Lipinski definition) is 1. The molecule has 25 heavy (non-hydrogen) atoms. The van der Waals surface area contributed by atoms with Crippen molar-refractivity contribution in [2.45, 2.75) is 26.1 Å². The molecular weight excluding hydrogens is 310 g/mol. The minimum absolute atomic E-state index is 0.514. The third kappa shape index (κ3) is 5.02. The molecule has 2 aromatic carbocycles. The van der Waals surface area contributed by atoms with Crippen LogP contribution in [0.15, 0.2) is 67.0 Å². The van der Waals surface area contributed by atoms with Gasteiger partial charge in [-0.05, 0) is 18.1 Å². The van der Waals surface area contributed by atoms with Gasteiger partial charge in [-0.1, -0.05) is 60.2 Å². The molecule has 0 spiro atoms. The Morgan fingerprint density at radius 1 is 1.04 bits per heavy atom. The first-order chi connectivity index (χ1) is 12.1. The predicted molar refractivity (Wildman–Crippen MR) is 99.9 cm³/mol. The average Bonchev–Trinajstić information content (AvgIpc) is 3.00. The SMILES string of the molecule is Cc1cccc(C(O)CN(Cc2ccccc2)Cc2cnn(C)c2)c1. The molecule has 1 aromatic heterocycles. The Balaban J connectivity index is 1.75. The first kappa shape index (κ1) is 17.4. The Bertz CT molecular complexity index is 798. The lowest BCUT2D eigenvalue weighted by Crippen LogP contribution is -2.28. The van der Waals surface area contributed by atoms with Crippen LogP contribution < -0.4 is 0 Å². The maximum Gasteiger partial charge on any atom is 0.0917 e. The molecule has 1 atom stereocenters. The molecule has 1 heterocycles. The predicted octanol–water partition coefficient (Wildman–Crippen LogP) is 3.46. The minimum atomic E-state index is -0.514. The summed E-state index contributed by atoms with van der Waals surface area (Å²) in [6.45, 7) is 4.17. The number of rotatable bonds is 7. The third-order valence-electron chi connectivity index (χ3n) is 4.27. The molecule has 0 amide bonds. The molecule has 0 saturated heterocycles. The van der Waals surface area contributed by atoms with Gasteiger partial charge in [-0.3, -0.25) is 9.58 Å². The summed E-state index contributed by atoms with van der Waals surface area (Å²) in [6.07, 6.45) is 3.40. The molecule has 1 N–H and O–H groups in total. The summed E-state index contributed by atoms with van der Waals surface area (Å²) in [5, 5.41) is 15.0. The molecule has 130 valence electrons. The lowest BCUT2D eigenvalue weighted by Gasteiger charge is -2.25. The van der Waals surface area contributed by atoms with Crippen molar-refractivity contribution in [2.24, 2.45) is 7.05 Å². The van der Waals surface area contributed by atoms with Crippen molar-refractivity contribution in [3.05, 3.63) is 89.2 Å². The molecule has 0 aliphatic rings. The van der Waals surface area contributed by atoms with Gasteiger partial charge in [-0.25, -0.2) is 0 Å². The van der Waals surface area contributed by atoms with Gasteiger partial charge in [0.1, 0.15) is 0 Å². The summed E-state index contributed by atoms with van der Waals surface area (Å²) in [5.74, 6) is 0. The maximum absolute atomic E-state index is 10.7.